The van der Waals surface area contributed by atoms with Gasteiger partial charge in [-0.15, -0.1) is 0 Å². The van der Waals surface area contributed by atoms with Gasteiger partial charge in [0.2, 0.25) is 0 Å². The van der Waals surface area contributed by atoms with E-state index < -0.39 is 20.9 Å². The van der Waals surface area contributed by atoms with E-state index in [1.165, 1.54) is 36.4 Å². The van der Waals surface area contributed by atoms with Crippen LogP contribution in [0.5, 0.6) is 5.75 Å². The van der Waals surface area contributed by atoms with Crippen LogP contribution in [0, 0.1) is 17.0 Å². The maximum Gasteiger partial charge on any atom is 0.294 e. The normalized spacial score (nSPS) is 11.4. The van der Waals surface area contributed by atoms with Crippen LogP contribution in [0.4, 0.5) is 11.4 Å². The summed E-state index contributed by atoms with van der Waals surface area (Å²) in [5, 5.41) is 24.3. The average Bonchev–Trinajstić information content (AvgIpc) is 2.60. The van der Waals surface area contributed by atoms with Crippen LogP contribution in [0.3, 0.4) is 0 Å². The van der Waals surface area contributed by atoms with Gasteiger partial charge in [-0.1, -0.05) is 6.07 Å². The highest BCUT2D eigenvalue weighted by Gasteiger charge is 2.21. The molecule has 0 saturated heterocycles. The first kappa shape index (κ1) is 19.3. The standard InChI is InChI=1S/C18H14N2O7S/c1-10-2-5-16(20(23)24)15(6-10)18(22)19-12-7-11-8-13(28(25,26)27)3-4-14(11)17(21)9-12/h2-9,21H,1H3,(H,19,22)(H,25,26,27). The van der Waals surface area contributed by atoms with Crippen molar-refractivity contribution in [2.75, 3.05) is 5.32 Å². The summed E-state index contributed by atoms with van der Waals surface area (Å²) in [5.74, 6) is -1.01. The van der Waals surface area contributed by atoms with Crippen LogP contribution < -0.4 is 5.32 Å². The molecule has 0 aliphatic rings. The molecule has 0 radical (unpaired) electrons. The van der Waals surface area contributed by atoms with Crippen molar-refractivity contribution in [3.63, 3.8) is 0 Å². The van der Waals surface area contributed by atoms with Gasteiger partial charge >= 0.3 is 0 Å². The zero-order valence-electron chi connectivity index (χ0n) is 14.4. The Morgan fingerprint density at radius 1 is 1.11 bits per heavy atom. The van der Waals surface area contributed by atoms with E-state index >= 15 is 0 Å². The van der Waals surface area contributed by atoms with Crippen molar-refractivity contribution in [1.82, 2.24) is 0 Å². The summed E-state index contributed by atoms with van der Waals surface area (Å²) in [7, 11) is -4.45. The molecule has 0 atom stereocenters. The number of phenolic OH excluding ortho intramolecular Hbond substituents is 1. The molecule has 9 nitrogen and oxygen atoms in total. The van der Waals surface area contributed by atoms with Crippen molar-refractivity contribution in [2.24, 2.45) is 0 Å². The minimum absolute atomic E-state index is 0.0956. The Morgan fingerprint density at radius 3 is 2.46 bits per heavy atom. The molecule has 3 aromatic rings. The Kier molecular flexibility index (Phi) is 4.75. The average molecular weight is 402 g/mol. The monoisotopic (exact) mass is 402 g/mol. The number of phenols is 1. The Balaban J connectivity index is 2.04. The fourth-order valence-electron chi connectivity index (χ4n) is 2.75. The Labute approximate surface area is 159 Å². The molecule has 28 heavy (non-hydrogen) atoms. The number of amides is 1. The minimum Gasteiger partial charge on any atom is -0.507 e. The number of hydrogen-bond acceptors (Lipinski definition) is 6. The van der Waals surface area contributed by atoms with Crippen LogP contribution in [-0.2, 0) is 10.1 Å². The summed E-state index contributed by atoms with van der Waals surface area (Å²) in [6.45, 7) is 1.68. The lowest BCUT2D eigenvalue weighted by Gasteiger charge is -2.10. The van der Waals surface area contributed by atoms with Crippen LogP contribution in [0.25, 0.3) is 10.8 Å². The first-order valence-electron chi connectivity index (χ1n) is 7.87. The minimum atomic E-state index is -4.45. The number of hydrogen-bond donors (Lipinski definition) is 3. The number of nitro benzene ring substituents is 1. The molecule has 0 aliphatic heterocycles. The Morgan fingerprint density at radius 2 is 1.82 bits per heavy atom. The SMILES string of the molecule is Cc1ccc([N+](=O)[O-])c(C(=O)Nc2cc(O)c3ccc(S(=O)(=O)O)cc3c2)c1. The zero-order valence-corrected chi connectivity index (χ0v) is 15.2. The van der Waals surface area contributed by atoms with Gasteiger partial charge in [0.15, 0.2) is 0 Å². The third-order valence-corrected chi connectivity index (χ3v) is 4.90. The second-order valence-electron chi connectivity index (χ2n) is 6.09. The number of rotatable bonds is 4. The summed E-state index contributed by atoms with van der Waals surface area (Å²) >= 11 is 0. The van der Waals surface area contributed by atoms with Gasteiger partial charge in [0.05, 0.1) is 9.82 Å². The van der Waals surface area contributed by atoms with Crippen LogP contribution in [0.1, 0.15) is 15.9 Å². The molecule has 0 saturated carbocycles. The van der Waals surface area contributed by atoms with Crippen LogP contribution in [-0.4, -0.2) is 28.9 Å². The van der Waals surface area contributed by atoms with E-state index in [9.17, 15) is 28.4 Å². The molecule has 10 heteroatoms. The Hall–Kier alpha value is -3.50. The second-order valence-corrected chi connectivity index (χ2v) is 7.51. The molecule has 3 aromatic carbocycles. The van der Waals surface area contributed by atoms with Gasteiger partial charge in [0.1, 0.15) is 11.3 Å². The number of aryl methyl sites for hydroxylation is 1. The van der Waals surface area contributed by atoms with Crippen molar-refractivity contribution >= 4 is 38.2 Å². The van der Waals surface area contributed by atoms with Crippen molar-refractivity contribution < 1.29 is 27.8 Å². The molecular formula is C18H14N2O7S. The number of nitro groups is 1. The summed E-state index contributed by atoms with van der Waals surface area (Å²) in [6.07, 6.45) is 0. The summed E-state index contributed by atoms with van der Waals surface area (Å²) < 4.78 is 31.8. The molecule has 0 unspecified atom stereocenters. The number of anilines is 1. The quantitative estimate of drug-likeness (QED) is 0.345. The maximum atomic E-state index is 12.5. The largest absolute Gasteiger partial charge is 0.507 e. The molecule has 0 bridgehead atoms. The van der Waals surface area contributed by atoms with Gasteiger partial charge in [-0.2, -0.15) is 8.42 Å². The van der Waals surface area contributed by atoms with Crippen LogP contribution in [0.15, 0.2) is 53.4 Å². The summed E-state index contributed by atoms with van der Waals surface area (Å²) in [4.78, 5) is 22.6. The van der Waals surface area contributed by atoms with E-state index in [1.54, 1.807) is 6.92 Å². The third-order valence-electron chi connectivity index (χ3n) is 4.05. The maximum absolute atomic E-state index is 12.5. The smallest absolute Gasteiger partial charge is 0.294 e. The van der Waals surface area contributed by atoms with E-state index in [4.69, 9.17) is 4.55 Å². The van der Waals surface area contributed by atoms with Gasteiger partial charge in [0, 0.05) is 23.2 Å². The molecule has 1 amide bonds. The molecule has 144 valence electrons. The third kappa shape index (κ3) is 3.77. The van der Waals surface area contributed by atoms with E-state index in [0.29, 0.717) is 10.9 Å². The highest BCUT2D eigenvalue weighted by atomic mass is 32.2. The lowest BCUT2D eigenvalue weighted by Crippen LogP contribution is -2.14. The number of aromatic hydroxyl groups is 1. The van der Waals surface area contributed by atoms with E-state index in [1.807, 2.05) is 0 Å². The predicted molar refractivity (Wildman–Crippen MR) is 101 cm³/mol. The van der Waals surface area contributed by atoms with Gasteiger partial charge in [-0.25, -0.2) is 0 Å². The van der Waals surface area contributed by atoms with Gasteiger partial charge in [0.25, 0.3) is 21.7 Å². The lowest BCUT2D eigenvalue weighted by molar-refractivity contribution is -0.385. The van der Waals surface area contributed by atoms with Crippen molar-refractivity contribution in [3.8, 4) is 5.75 Å². The molecule has 0 heterocycles. The number of fused-ring (bicyclic) bond motifs is 1. The zero-order chi connectivity index (χ0) is 20.6. The molecule has 0 aromatic heterocycles. The first-order valence-corrected chi connectivity index (χ1v) is 9.31. The molecule has 3 N–H and O–H groups in total. The fourth-order valence-corrected chi connectivity index (χ4v) is 3.27. The fraction of sp³-hybridized carbons (Fsp3) is 0.0556. The van der Waals surface area contributed by atoms with Crippen molar-refractivity contribution in [2.45, 2.75) is 11.8 Å². The highest BCUT2D eigenvalue weighted by molar-refractivity contribution is 7.85. The van der Waals surface area contributed by atoms with E-state index in [-0.39, 0.29) is 33.0 Å². The first-order chi connectivity index (χ1) is 13.1. The van der Waals surface area contributed by atoms with Gasteiger partial charge in [-0.3, -0.25) is 19.5 Å². The molecule has 0 spiro atoms. The number of benzene rings is 3. The van der Waals surface area contributed by atoms with Crippen LogP contribution in [0.2, 0.25) is 0 Å². The van der Waals surface area contributed by atoms with Crippen molar-refractivity contribution in [1.29, 1.82) is 0 Å². The van der Waals surface area contributed by atoms with E-state index in [2.05, 4.69) is 5.32 Å². The molecular weight excluding hydrogens is 388 g/mol. The predicted octanol–water partition coefficient (Wildman–Crippen LogP) is 3.26. The molecule has 0 aliphatic carbocycles. The summed E-state index contributed by atoms with van der Waals surface area (Å²) in [6, 6.07) is 10.3. The Bertz CT molecular complexity index is 1240. The van der Waals surface area contributed by atoms with Gasteiger partial charge < -0.3 is 10.4 Å². The number of nitrogens with zero attached hydrogens (tertiary/aromatic N) is 1. The number of nitrogens with one attached hydrogen (secondary N) is 1. The van der Waals surface area contributed by atoms with Crippen molar-refractivity contribution in [3.05, 3.63) is 69.8 Å². The second kappa shape index (κ2) is 6.91. The highest BCUT2D eigenvalue weighted by Crippen LogP contribution is 2.31. The van der Waals surface area contributed by atoms with Gasteiger partial charge in [-0.05, 0) is 48.2 Å². The topological polar surface area (TPSA) is 147 Å². The molecule has 0 fully saturated rings. The van der Waals surface area contributed by atoms with Crippen LogP contribution >= 0.6 is 0 Å². The number of carbonyl (C=O) groups excluding carboxylic acids is 1. The lowest BCUT2D eigenvalue weighted by atomic mass is 10.1. The van der Waals surface area contributed by atoms with E-state index in [0.717, 1.165) is 12.1 Å². The summed E-state index contributed by atoms with van der Waals surface area (Å²) in [5.41, 5.74) is 0.214. The molecule has 3 rings (SSSR count). The number of carbonyl (C=O) groups is 1.